The molecule has 0 saturated carbocycles. The van der Waals surface area contributed by atoms with Crippen molar-refractivity contribution in [3.05, 3.63) is 108 Å². The molecule has 6 heteroatoms. The van der Waals surface area contributed by atoms with Gasteiger partial charge in [0.2, 0.25) is 0 Å². The van der Waals surface area contributed by atoms with Crippen molar-refractivity contribution in [3.8, 4) is 17.1 Å². The number of halogens is 1. The highest BCUT2D eigenvalue weighted by Gasteiger charge is 2.19. The molecule has 5 nitrogen and oxygen atoms in total. The van der Waals surface area contributed by atoms with Crippen molar-refractivity contribution in [2.75, 3.05) is 7.11 Å². The van der Waals surface area contributed by atoms with Gasteiger partial charge in [-0.1, -0.05) is 53.7 Å². The van der Waals surface area contributed by atoms with E-state index in [0.717, 1.165) is 11.1 Å². The largest absolute Gasteiger partial charge is 0.497 e. The smallest absolute Gasteiger partial charge is 0.254 e. The molecule has 4 rings (SSSR count). The maximum atomic E-state index is 13.7. The first-order valence-electron chi connectivity index (χ1n) is 9.81. The van der Waals surface area contributed by atoms with Crippen LogP contribution in [-0.2, 0) is 13.1 Å². The van der Waals surface area contributed by atoms with Crippen molar-refractivity contribution in [2.24, 2.45) is 0 Å². The second-order valence-corrected chi connectivity index (χ2v) is 7.07. The van der Waals surface area contributed by atoms with Crippen LogP contribution in [0.2, 0.25) is 0 Å². The minimum Gasteiger partial charge on any atom is -0.497 e. The van der Waals surface area contributed by atoms with E-state index < -0.39 is 5.82 Å². The van der Waals surface area contributed by atoms with E-state index in [2.05, 4.69) is 5.16 Å². The lowest BCUT2D eigenvalue weighted by Crippen LogP contribution is -2.30. The number of hydrogen-bond donors (Lipinski definition) is 0. The van der Waals surface area contributed by atoms with E-state index in [1.165, 1.54) is 18.2 Å². The Morgan fingerprint density at radius 2 is 1.77 bits per heavy atom. The molecule has 1 heterocycles. The van der Waals surface area contributed by atoms with Crippen LogP contribution >= 0.6 is 0 Å². The molecule has 0 fully saturated rings. The van der Waals surface area contributed by atoms with Crippen LogP contribution in [0.25, 0.3) is 11.3 Å². The fourth-order valence-corrected chi connectivity index (χ4v) is 3.30. The van der Waals surface area contributed by atoms with E-state index in [0.29, 0.717) is 23.7 Å². The minimum absolute atomic E-state index is 0.220. The van der Waals surface area contributed by atoms with Crippen LogP contribution in [0.3, 0.4) is 0 Å². The number of nitrogens with zero attached hydrogens (tertiary/aromatic N) is 2. The van der Waals surface area contributed by atoms with Gasteiger partial charge in [0.15, 0.2) is 5.76 Å². The highest BCUT2D eigenvalue weighted by atomic mass is 19.1. The zero-order valence-electron chi connectivity index (χ0n) is 17.0. The molecule has 31 heavy (non-hydrogen) atoms. The number of amides is 1. The first kappa shape index (κ1) is 20.3. The summed E-state index contributed by atoms with van der Waals surface area (Å²) in [5, 5.41) is 4.14. The number of carbonyl (C=O) groups excluding carboxylic acids is 1. The predicted octanol–water partition coefficient (Wildman–Crippen LogP) is 5.33. The van der Waals surface area contributed by atoms with Gasteiger partial charge in [0.05, 0.1) is 13.7 Å². The van der Waals surface area contributed by atoms with Gasteiger partial charge >= 0.3 is 0 Å². The molecular weight excluding hydrogens is 395 g/mol. The standard InChI is InChI=1S/C25H21FN2O3/c1-30-23-12-6-9-19(14-23)24-15-22(27-31-24)17-28(16-18-7-3-2-4-8-18)25(29)20-10-5-11-21(26)13-20/h2-15H,16-17H2,1H3. The van der Waals surface area contributed by atoms with Crippen LogP contribution < -0.4 is 4.74 Å². The van der Waals surface area contributed by atoms with Gasteiger partial charge < -0.3 is 14.2 Å². The van der Waals surface area contributed by atoms with Crippen LogP contribution in [-0.4, -0.2) is 23.1 Å². The van der Waals surface area contributed by atoms with Crippen molar-refractivity contribution in [1.82, 2.24) is 10.1 Å². The lowest BCUT2D eigenvalue weighted by Gasteiger charge is -2.22. The molecule has 0 aliphatic carbocycles. The third kappa shape index (κ3) is 4.98. The Hall–Kier alpha value is -3.93. The molecule has 0 radical (unpaired) electrons. The fraction of sp³-hybridized carbons (Fsp3) is 0.120. The van der Waals surface area contributed by atoms with Crippen LogP contribution in [0.4, 0.5) is 4.39 Å². The molecule has 0 unspecified atom stereocenters. The number of aromatic nitrogens is 1. The second-order valence-electron chi connectivity index (χ2n) is 7.07. The predicted molar refractivity (Wildman–Crippen MR) is 115 cm³/mol. The summed E-state index contributed by atoms with van der Waals surface area (Å²) < 4.78 is 24.5. The molecule has 1 amide bonds. The summed E-state index contributed by atoms with van der Waals surface area (Å²) in [6.07, 6.45) is 0. The number of methoxy groups -OCH3 is 1. The highest BCUT2D eigenvalue weighted by Crippen LogP contribution is 2.25. The van der Waals surface area contributed by atoms with Gasteiger partial charge in [-0.15, -0.1) is 0 Å². The maximum Gasteiger partial charge on any atom is 0.254 e. The van der Waals surface area contributed by atoms with E-state index in [1.54, 1.807) is 24.1 Å². The summed E-state index contributed by atoms with van der Waals surface area (Å²) in [6.45, 7) is 0.579. The zero-order chi connectivity index (χ0) is 21.6. The van der Waals surface area contributed by atoms with Gasteiger partial charge in [0, 0.05) is 23.7 Å². The topological polar surface area (TPSA) is 55.6 Å². The summed E-state index contributed by atoms with van der Waals surface area (Å²) in [4.78, 5) is 14.8. The van der Waals surface area contributed by atoms with E-state index in [1.807, 2.05) is 54.6 Å². The Labute approximate surface area is 179 Å². The number of ether oxygens (including phenoxy) is 1. The summed E-state index contributed by atoms with van der Waals surface area (Å²) in [5.74, 6) is 0.552. The monoisotopic (exact) mass is 416 g/mol. The Bertz CT molecular complexity index is 1170. The maximum absolute atomic E-state index is 13.7. The third-order valence-electron chi connectivity index (χ3n) is 4.84. The number of rotatable bonds is 7. The van der Waals surface area contributed by atoms with Crippen LogP contribution in [0, 0.1) is 5.82 Å². The molecule has 3 aromatic carbocycles. The van der Waals surface area contributed by atoms with Crippen LogP contribution in [0.1, 0.15) is 21.6 Å². The van der Waals surface area contributed by atoms with Crippen LogP contribution in [0.15, 0.2) is 89.5 Å². The summed E-state index contributed by atoms with van der Waals surface area (Å²) in [7, 11) is 1.60. The molecule has 0 spiro atoms. The Balaban J connectivity index is 1.60. The molecular formula is C25H21FN2O3. The molecule has 0 atom stereocenters. The summed E-state index contributed by atoms with van der Waals surface area (Å²) >= 11 is 0. The van der Waals surface area contributed by atoms with Crippen molar-refractivity contribution in [3.63, 3.8) is 0 Å². The average molecular weight is 416 g/mol. The molecule has 0 aliphatic rings. The Morgan fingerprint density at radius 1 is 0.968 bits per heavy atom. The van der Waals surface area contributed by atoms with Gasteiger partial charge in [-0.05, 0) is 35.9 Å². The van der Waals surface area contributed by atoms with Crippen molar-refractivity contribution < 1.29 is 18.4 Å². The van der Waals surface area contributed by atoms with Gasteiger partial charge in [0.25, 0.3) is 5.91 Å². The number of carbonyl (C=O) groups is 1. The average Bonchev–Trinajstić information content (AvgIpc) is 3.27. The molecule has 0 aliphatic heterocycles. The summed E-state index contributed by atoms with van der Waals surface area (Å²) in [5.41, 5.74) is 2.67. The molecule has 0 bridgehead atoms. The highest BCUT2D eigenvalue weighted by molar-refractivity contribution is 5.94. The SMILES string of the molecule is COc1cccc(-c2cc(CN(Cc3ccccc3)C(=O)c3cccc(F)c3)no2)c1. The number of hydrogen-bond acceptors (Lipinski definition) is 4. The molecule has 156 valence electrons. The van der Waals surface area contributed by atoms with Crippen LogP contribution in [0.5, 0.6) is 5.75 Å². The van der Waals surface area contributed by atoms with E-state index >= 15 is 0 Å². The minimum atomic E-state index is -0.452. The third-order valence-corrected chi connectivity index (χ3v) is 4.84. The Morgan fingerprint density at radius 3 is 2.55 bits per heavy atom. The van der Waals surface area contributed by atoms with Gasteiger partial charge in [0.1, 0.15) is 17.3 Å². The summed E-state index contributed by atoms with van der Waals surface area (Å²) in [6, 6.07) is 24.6. The molecule has 4 aromatic rings. The lowest BCUT2D eigenvalue weighted by molar-refractivity contribution is 0.0725. The first-order chi connectivity index (χ1) is 15.1. The van der Waals surface area contributed by atoms with E-state index in [4.69, 9.17) is 9.26 Å². The van der Waals surface area contributed by atoms with E-state index in [9.17, 15) is 9.18 Å². The van der Waals surface area contributed by atoms with Gasteiger partial charge in [-0.2, -0.15) is 0 Å². The number of benzene rings is 3. The molecule has 0 saturated heterocycles. The van der Waals surface area contributed by atoms with Crippen molar-refractivity contribution >= 4 is 5.91 Å². The Kier molecular flexibility index (Phi) is 6.08. The second kappa shape index (κ2) is 9.26. The van der Waals surface area contributed by atoms with E-state index in [-0.39, 0.29) is 18.0 Å². The van der Waals surface area contributed by atoms with Gasteiger partial charge in [-0.25, -0.2) is 4.39 Å². The van der Waals surface area contributed by atoms with Gasteiger partial charge in [-0.3, -0.25) is 4.79 Å². The quantitative estimate of drug-likeness (QED) is 0.409. The first-order valence-corrected chi connectivity index (χ1v) is 9.81. The fourth-order valence-electron chi connectivity index (χ4n) is 3.30. The lowest BCUT2D eigenvalue weighted by atomic mass is 10.1. The van der Waals surface area contributed by atoms with Crippen molar-refractivity contribution in [2.45, 2.75) is 13.1 Å². The molecule has 0 N–H and O–H groups in total. The normalized spacial score (nSPS) is 10.6. The molecule has 1 aromatic heterocycles. The van der Waals surface area contributed by atoms with Crippen molar-refractivity contribution in [1.29, 1.82) is 0 Å². The zero-order valence-corrected chi connectivity index (χ0v) is 17.0.